The van der Waals surface area contributed by atoms with Crippen LogP contribution in [0.3, 0.4) is 0 Å². The zero-order valence-electron chi connectivity index (χ0n) is 12.9. The summed E-state index contributed by atoms with van der Waals surface area (Å²) in [5.74, 6) is -1.57. The highest BCUT2D eigenvalue weighted by Gasteiger charge is 2.33. The number of likely N-dealkylation sites (tertiary alicyclic amines) is 1. The van der Waals surface area contributed by atoms with Crippen molar-refractivity contribution < 1.29 is 8.78 Å². The number of rotatable bonds is 4. The van der Waals surface area contributed by atoms with E-state index in [1.54, 1.807) is 6.07 Å². The van der Waals surface area contributed by atoms with Crippen molar-refractivity contribution in [3.63, 3.8) is 0 Å². The quantitative estimate of drug-likeness (QED) is 0.937. The Hall–Kier alpha value is -1.72. The molecule has 22 heavy (non-hydrogen) atoms. The minimum atomic E-state index is -0.794. The molecular formula is C17H21F2N3. The summed E-state index contributed by atoms with van der Waals surface area (Å²) in [7, 11) is 4.04. The highest BCUT2D eigenvalue weighted by atomic mass is 19.2. The number of aromatic nitrogens is 1. The van der Waals surface area contributed by atoms with Crippen LogP contribution in [0.15, 0.2) is 36.5 Å². The summed E-state index contributed by atoms with van der Waals surface area (Å²) >= 11 is 0. The Kier molecular flexibility index (Phi) is 4.27. The van der Waals surface area contributed by atoms with Gasteiger partial charge >= 0.3 is 0 Å². The van der Waals surface area contributed by atoms with Crippen molar-refractivity contribution in [3.05, 3.63) is 59.4 Å². The van der Waals surface area contributed by atoms with Crippen LogP contribution in [0.4, 0.5) is 8.78 Å². The predicted molar refractivity (Wildman–Crippen MR) is 82.4 cm³/mol. The first kappa shape index (κ1) is 15.2. The van der Waals surface area contributed by atoms with Crippen molar-refractivity contribution in [1.82, 2.24) is 14.8 Å². The molecule has 0 radical (unpaired) electrons. The fraction of sp³-hybridized carbons (Fsp3) is 0.412. The van der Waals surface area contributed by atoms with Gasteiger partial charge in [-0.3, -0.25) is 4.90 Å². The van der Waals surface area contributed by atoms with E-state index < -0.39 is 11.6 Å². The van der Waals surface area contributed by atoms with E-state index in [1.807, 2.05) is 26.4 Å². The second kappa shape index (κ2) is 6.18. The highest BCUT2D eigenvalue weighted by Crippen LogP contribution is 2.31. The Labute approximate surface area is 129 Å². The molecule has 0 unspecified atom stereocenters. The molecule has 5 heteroatoms. The molecule has 0 amide bonds. The second-order valence-electron chi connectivity index (χ2n) is 5.99. The molecule has 0 bridgehead atoms. The summed E-state index contributed by atoms with van der Waals surface area (Å²) in [6.07, 6.45) is 3.01. The molecule has 1 aromatic heterocycles. The molecule has 1 aliphatic heterocycles. The number of nitrogens with zero attached hydrogens (tertiary/aromatic N) is 2. The minimum absolute atomic E-state index is 0.0652. The zero-order valence-corrected chi connectivity index (χ0v) is 12.9. The monoisotopic (exact) mass is 305 g/mol. The first-order chi connectivity index (χ1) is 10.6. The number of aryl methyl sites for hydroxylation is 1. The lowest BCUT2D eigenvalue weighted by molar-refractivity contribution is 0.284. The third-order valence-electron chi connectivity index (χ3n) is 4.53. The van der Waals surface area contributed by atoms with E-state index in [9.17, 15) is 8.78 Å². The van der Waals surface area contributed by atoms with Gasteiger partial charge in [0.1, 0.15) is 0 Å². The number of hydrogen-bond acceptors (Lipinski definition) is 2. The smallest absolute Gasteiger partial charge is 0.159 e. The molecule has 2 heterocycles. The van der Waals surface area contributed by atoms with Crippen molar-refractivity contribution in [2.75, 3.05) is 13.6 Å². The number of likely N-dealkylation sites (N-methyl/N-ethyl adjacent to an activating group) is 1. The van der Waals surface area contributed by atoms with Gasteiger partial charge in [0.05, 0.1) is 0 Å². The van der Waals surface area contributed by atoms with Gasteiger partial charge in [0.2, 0.25) is 0 Å². The summed E-state index contributed by atoms with van der Waals surface area (Å²) in [4.78, 5) is 2.19. The third-order valence-corrected chi connectivity index (χ3v) is 4.53. The molecule has 1 aliphatic rings. The van der Waals surface area contributed by atoms with E-state index in [0.29, 0.717) is 0 Å². The molecule has 0 saturated carbocycles. The molecule has 1 aromatic carbocycles. The summed E-state index contributed by atoms with van der Waals surface area (Å²) in [5.41, 5.74) is 2.03. The Morgan fingerprint density at radius 1 is 1.18 bits per heavy atom. The van der Waals surface area contributed by atoms with Crippen LogP contribution >= 0.6 is 0 Å². The van der Waals surface area contributed by atoms with Crippen LogP contribution in [-0.2, 0) is 13.6 Å². The lowest BCUT2D eigenvalue weighted by Gasteiger charge is -2.26. The Morgan fingerprint density at radius 2 is 2.00 bits per heavy atom. The van der Waals surface area contributed by atoms with Gasteiger partial charge < -0.3 is 9.88 Å². The lowest BCUT2D eigenvalue weighted by atomic mass is 10.00. The van der Waals surface area contributed by atoms with Crippen molar-refractivity contribution in [3.8, 4) is 0 Å². The lowest BCUT2D eigenvalue weighted by Crippen LogP contribution is -2.35. The first-order valence-electron chi connectivity index (χ1n) is 7.55. The maximum atomic E-state index is 13.5. The second-order valence-corrected chi connectivity index (χ2v) is 5.99. The van der Waals surface area contributed by atoms with Gasteiger partial charge in [0, 0.05) is 44.1 Å². The van der Waals surface area contributed by atoms with Gasteiger partial charge in [-0.2, -0.15) is 0 Å². The number of halogens is 2. The molecular weight excluding hydrogens is 284 g/mol. The van der Waals surface area contributed by atoms with Crippen LogP contribution in [0.1, 0.15) is 23.7 Å². The van der Waals surface area contributed by atoms with Gasteiger partial charge in [0.15, 0.2) is 11.6 Å². The van der Waals surface area contributed by atoms with E-state index in [2.05, 4.69) is 20.9 Å². The minimum Gasteiger partial charge on any atom is -0.353 e. The van der Waals surface area contributed by atoms with Crippen LogP contribution < -0.4 is 5.32 Å². The molecule has 0 aliphatic carbocycles. The number of hydrogen-bond donors (Lipinski definition) is 1. The average molecular weight is 305 g/mol. The maximum Gasteiger partial charge on any atom is 0.159 e. The van der Waals surface area contributed by atoms with E-state index in [0.717, 1.165) is 25.1 Å². The third kappa shape index (κ3) is 2.91. The van der Waals surface area contributed by atoms with Crippen LogP contribution in [0.5, 0.6) is 0 Å². The normalized spacial score (nSPS) is 22.4. The number of benzene rings is 1. The van der Waals surface area contributed by atoms with Gasteiger partial charge in [-0.25, -0.2) is 8.78 Å². The van der Waals surface area contributed by atoms with Gasteiger partial charge in [-0.05, 0) is 43.3 Å². The van der Waals surface area contributed by atoms with Crippen molar-refractivity contribution in [2.24, 2.45) is 7.05 Å². The van der Waals surface area contributed by atoms with Crippen molar-refractivity contribution in [2.45, 2.75) is 25.0 Å². The summed E-state index contributed by atoms with van der Waals surface area (Å²) < 4.78 is 28.8. The Morgan fingerprint density at radius 3 is 2.68 bits per heavy atom. The van der Waals surface area contributed by atoms with Crippen LogP contribution in [0, 0.1) is 11.6 Å². The Bertz CT molecular complexity index is 653. The molecule has 1 N–H and O–H groups in total. The van der Waals surface area contributed by atoms with E-state index in [-0.39, 0.29) is 12.1 Å². The van der Waals surface area contributed by atoms with E-state index in [1.165, 1.54) is 17.8 Å². The molecule has 1 fully saturated rings. The van der Waals surface area contributed by atoms with E-state index >= 15 is 0 Å². The van der Waals surface area contributed by atoms with Crippen molar-refractivity contribution in [1.29, 1.82) is 0 Å². The first-order valence-corrected chi connectivity index (χ1v) is 7.55. The summed E-state index contributed by atoms with van der Waals surface area (Å²) in [6.45, 7) is 1.71. The topological polar surface area (TPSA) is 20.2 Å². The van der Waals surface area contributed by atoms with Gasteiger partial charge in [-0.15, -0.1) is 0 Å². The summed E-state index contributed by atoms with van der Waals surface area (Å²) in [5, 5.41) is 3.56. The largest absolute Gasteiger partial charge is 0.353 e. The fourth-order valence-electron chi connectivity index (χ4n) is 3.26. The predicted octanol–water partition coefficient (Wildman–Crippen LogP) is 2.84. The van der Waals surface area contributed by atoms with E-state index in [4.69, 9.17) is 0 Å². The average Bonchev–Trinajstić information content (AvgIpc) is 3.06. The SMILES string of the molecule is CN1CC[C@H](NCc2cccn2C)[C@@H]1c1ccc(F)c(F)c1. The fourth-order valence-corrected chi connectivity index (χ4v) is 3.26. The molecule has 3 nitrogen and oxygen atoms in total. The molecule has 3 rings (SSSR count). The van der Waals surface area contributed by atoms with Gasteiger partial charge in [0.25, 0.3) is 0 Å². The number of nitrogens with one attached hydrogen (secondary N) is 1. The Balaban J connectivity index is 1.75. The highest BCUT2D eigenvalue weighted by molar-refractivity contribution is 5.24. The van der Waals surface area contributed by atoms with Crippen LogP contribution in [0.2, 0.25) is 0 Å². The standard InChI is InChI=1S/C17H21F2N3/c1-21-8-3-4-13(21)11-20-16-7-9-22(2)17(16)12-5-6-14(18)15(19)10-12/h3-6,8,10,16-17,20H,7,9,11H2,1-2H3/t16-,17-/m0/s1. The van der Waals surface area contributed by atoms with Gasteiger partial charge in [-0.1, -0.05) is 6.07 Å². The molecule has 1 saturated heterocycles. The molecule has 2 aromatic rings. The van der Waals surface area contributed by atoms with Crippen LogP contribution in [-0.4, -0.2) is 29.1 Å². The molecule has 118 valence electrons. The molecule has 0 spiro atoms. The molecule has 2 atom stereocenters. The summed E-state index contributed by atoms with van der Waals surface area (Å²) in [6, 6.07) is 8.61. The van der Waals surface area contributed by atoms with Crippen molar-refractivity contribution >= 4 is 0 Å². The maximum absolute atomic E-state index is 13.5. The zero-order chi connectivity index (χ0) is 15.7. The van der Waals surface area contributed by atoms with Crippen LogP contribution in [0.25, 0.3) is 0 Å².